The Kier molecular flexibility index (Phi) is 6.89. The minimum absolute atomic E-state index is 0.396. The first-order chi connectivity index (χ1) is 8.46. The number of nitrogens with one attached hydrogen (secondary N) is 1. The van der Waals surface area contributed by atoms with Gasteiger partial charge in [-0.15, -0.1) is 11.3 Å². The lowest BCUT2D eigenvalue weighted by atomic mass is 9.86. The fourth-order valence-corrected chi connectivity index (χ4v) is 3.83. The molecule has 0 saturated heterocycles. The molecule has 1 nitrogen and oxygen atoms in total. The number of unbranched alkanes of at least 4 members (excludes halogenated alkanes) is 2. The summed E-state index contributed by atoms with van der Waals surface area (Å²) in [4.78, 5) is 1.40. The maximum absolute atomic E-state index is 3.67. The Morgan fingerprint density at radius 2 is 2.11 bits per heavy atom. The first-order valence-electron chi connectivity index (χ1n) is 6.92. The molecule has 1 aromatic heterocycles. The minimum Gasteiger partial charge on any atom is -0.309 e. The molecular formula is C15H26BrNS. The van der Waals surface area contributed by atoms with Crippen LogP contribution in [0, 0.1) is 5.41 Å². The molecule has 1 atom stereocenters. The van der Waals surface area contributed by atoms with Gasteiger partial charge in [-0.05, 0) is 46.1 Å². The highest BCUT2D eigenvalue weighted by Gasteiger charge is 2.19. The fraction of sp³-hybridized carbons (Fsp3) is 0.733. The van der Waals surface area contributed by atoms with Crippen LogP contribution >= 0.6 is 27.3 Å². The minimum atomic E-state index is 0.396. The van der Waals surface area contributed by atoms with E-state index in [1.807, 2.05) is 11.3 Å². The third-order valence-corrected chi connectivity index (χ3v) is 5.44. The van der Waals surface area contributed by atoms with Gasteiger partial charge >= 0.3 is 0 Å². The Morgan fingerprint density at radius 1 is 1.39 bits per heavy atom. The molecule has 0 amide bonds. The van der Waals surface area contributed by atoms with Gasteiger partial charge in [-0.2, -0.15) is 0 Å². The van der Waals surface area contributed by atoms with E-state index in [1.54, 1.807) is 0 Å². The molecule has 104 valence electrons. The zero-order valence-corrected chi connectivity index (χ0v) is 14.5. The SMILES string of the molecule is CCCCCC(C)(C)CNC(C)c1sccc1Br. The second kappa shape index (κ2) is 7.66. The standard InChI is InChI=1S/C15H26BrNS/c1-5-6-7-9-15(3,4)11-17-12(2)14-13(16)8-10-18-14/h8,10,12,17H,5-7,9,11H2,1-4H3. The molecule has 1 N–H and O–H groups in total. The van der Waals surface area contributed by atoms with Crippen molar-refractivity contribution in [2.24, 2.45) is 5.41 Å². The third-order valence-electron chi connectivity index (χ3n) is 3.38. The molecule has 0 aliphatic rings. The topological polar surface area (TPSA) is 12.0 Å². The fourth-order valence-electron chi connectivity index (χ4n) is 2.08. The first kappa shape index (κ1) is 16.2. The van der Waals surface area contributed by atoms with Gasteiger partial charge in [0.15, 0.2) is 0 Å². The molecule has 0 spiro atoms. The van der Waals surface area contributed by atoms with Crippen molar-refractivity contribution < 1.29 is 0 Å². The highest BCUT2D eigenvalue weighted by Crippen LogP contribution is 2.30. The number of halogens is 1. The largest absolute Gasteiger partial charge is 0.309 e. The number of thiophene rings is 1. The molecule has 0 fully saturated rings. The van der Waals surface area contributed by atoms with Crippen molar-refractivity contribution in [3.05, 3.63) is 20.8 Å². The molecule has 1 heterocycles. The van der Waals surface area contributed by atoms with Gasteiger partial charge in [0.25, 0.3) is 0 Å². The molecule has 1 aromatic rings. The van der Waals surface area contributed by atoms with E-state index >= 15 is 0 Å². The summed E-state index contributed by atoms with van der Waals surface area (Å²) >= 11 is 5.43. The van der Waals surface area contributed by atoms with Gasteiger partial charge in [-0.3, -0.25) is 0 Å². The molecule has 0 saturated carbocycles. The van der Waals surface area contributed by atoms with Gasteiger partial charge in [-0.1, -0.05) is 40.0 Å². The summed E-state index contributed by atoms with van der Waals surface area (Å²) in [5, 5.41) is 5.82. The highest BCUT2D eigenvalue weighted by molar-refractivity contribution is 9.10. The summed E-state index contributed by atoms with van der Waals surface area (Å²) < 4.78 is 1.23. The second-order valence-electron chi connectivity index (χ2n) is 5.86. The maximum Gasteiger partial charge on any atom is 0.0397 e. The molecule has 0 radical (unpaired) electrons. The summed E-state index contributed by atoms with van der Waals surface area (Å²) in [5.41, 5.74) is 0.396. The normalized spacial score (nSPS) is 13.8. The van der Waals surface area contributed by atoms with Gasteiger partial charge < -0.3 is 5.32 Å². The zero-order valence-electron chi connectivity index (χ0n) is 12.1. The van der Waals surface area contributed by atoms with Crippen LogP contribution in [-0.2, 0) is 0 Å². The van der Waals surface area contributed by atoms with Gasteiger partial charge in [0, 0.05) is 21.9 Å². The smallest absolute Gasteiger partial charge is 0.0397 e. The van der Waals surface area contributed by atoms with Gasteiger partial charge in [0.05, 0.1) is 0 Å². The Bertz CT molecular complexity index is 346. The molecular weight excluding hydrogens is 306 g/mol. The molecule has 18 heavy (non-hydrogen) atoms. The second-order valence-corrected chi connectivity index (χ2v) is 7.66. The van der Waals surface area contributed by atoms with E-state index in [-0.39, 0.29) is 0 Å². The van der Waals surface area contributed by atoms with E-state index < -0.39 is 0 Å². The van der Waals surface area contributed by atoms with Crippen molar-refractivity contribution in [3.8, 4) is 0 Å². The van der Waals surface area contributed by atoms with E-state index in [9.17, 15) is 0 Å². The van der Waals surface area contributed by atoms with Crippen LogP contribution in [0.15, 0.2) is 15.9 Å². The highest BCUT2D eigenvalue weighted by atomic mass is 79.9. The van der Waals surface area contributed by atoms with Crippen molar-refractivity contribution in [2.45, 2.75) is 59.4 Å². The van der Waals surface area contributed by atoms with Crippen LogP contribution in [0.2, 0.25) is 0 Å². The summed E-state index contributed by atoms with van der Waals surface area (Å²) in [6.07, 6.45) is 5.33. The molecule has 0 aromatic carbocycles. The van der Waals surface area contributed by atoms with Crippen LogP contribution in [0.4, 0.5) is 0 Å². The van der Waals surface area contributed by atoms with E-state index in [1.165, 1.54) is 35.0 Å². The van der Waals surface area contributed by atoms with E-state index in [0.717, 1.165) is 6.54 Å². The predicted molar refractivity (Wildman–Crippen MR) is 86.4 cm³/mol. The van der Waals surface area contributed by atoms with Crippen molar-refractivity contribution in [1.82, 2.24) is 5.32 Å². The average molecular weight is 332 g/mol. The number of hydrogen-bond donors (Lipinski definition) is 1. The third kappa shape index (κ3) is 5.41. The predicted octanol–water partition coefficient (Wildman–Crippen LogP) is 5.77. The summed E-state index contributed by atoms with van der Waals surface area (Å²) in [6, 6.07) is 2.56. The van der Waals surface area contributed by atoms with Crippen LogP contribution in [0.1, 0.15) is 64.3 Å². The molecule has 1 rings (SSSR count). The number of hydrogen-bond acceptors (Lipinski definition) is 2. The van der Waals surface area contributed by atoms with Crippen molar-refractivity contribution in [2.75, 3.05) is 6.54 Å². The van der Waals surface area contributed by atoms with Crippen LogP contribution in [0.25, 0.3) is 0 Å². The van der Waals surface area contributed by atoms with E-state index in [4.69, 9.17) is 0 Å². The first-order valence-corrected chi connectivity index (χ1v) is 8.60. The molecule has 0 aliphatic heterocycles. The Labute approximate surface area is 125 Å². The Morgan fingerprint density at radius 3 is 2.67 bits per heavy atom. The Balaban J connectivity index is 2.37. The van der Waals surface area contributed by atoms with Crippen molar-refractivity contribution in [3.63, 3.8) is 0 Å². The van der Waals surface area contributed by atoms with Crippen LogP contribution in [-0.4, -0.2) is 6.54 Å². The summed E-state index contributed by atoms with van der Waals surface area (Å²) in [5.74, 6) is 0. The van der Waals surface area contributed by atoms with Crippen LogP contribution < -0.4 is 5.32 Å². The lowest BCUT2D eigenvalue weighted by molar-refractivity contribution is 0.291. The number of rotatable bonds is 8. The lowest BCUT2D eigenvalue weighted by Gasteiger charge is -2.27. The molecule has 3 heteroatoms. The van der Waals surface area contributed by atoms with Gasteiger partial charge in [-0.25, -0.2) is 0 Å². The molecule has 0 bridgehead atoms. The maximum atomic E-state index is 3.67. The van der Waals surface area contributed by atoms with Crippen LogP contribution in [0.5, 0.6) is 0 Å². The van der Waals surface area contributed by atoms with Gasteiger partial charge in [0.2, 0.25) is 0 Å². The van der Waals surface area contributed by atoms with Gasteiger partial charge in [0.1, 0.15) is 0 Å². The van der Waals surface area contributed by atoms with E-state index in [2.05, 4.69) is 60.4 Å². The van der Waals surface area contributed by atoms with Crippen LogP contribution in [0.3, 0.4) is 0 Å². The average Bonchev–Trinajstić information content (AvgIpc) is 2.73. The lowest BCUT2D eigenvalue weighted by Crippen LogP contribution is -2.31. The molecule has 0 aliphatic carbocycles. The molecule has 1 unspecified atom stereocenters. The Hall–Kier alpha value is 0.140. The summed E-state index contributed by atoms with van der Waals surface area (Å²) in [7, 11) is 0. The quantitative estimate of drug-likeness (QED) is 0.596. The van der Waals surface area contributed by atoms with Crippen molar-refractivity contribution >= 4 is 27.3 Å². The summed E-state index contributed by atoms with van der Waals surface area (Å²) in [6.45, 7) is 10.3. The zero-order chi connectivity index (χ0) is 13.6. The van der Waals surface area contributed by atoms with Crippen molar-refractivity contribution in [1.29, 1.82) is 0 Å². The monoisotopic (exact) mass is 331 g/mol. The van der Waals surface area contributed by atoms with E-state index in [0.29, 0.717) is 11.5 Å².